The van der Waals surface area contributed by atoms with Gasteiger partial charge in [-0.15, -0.1) is 0 Å². The van der Waals surface area contributed by atoms with Gasteiger partial charge in [-0.3, -0.25) is 23.7 Å². The van der Waals surface area contributed by atoms with Crippen LogP contribution >= 0.6 is 34.7 Å². The Bertz CT molecular complexity index is 1820. The second-order valence-corrected chi connectivity index (χ2v) is 12.4. The molecule has 0 spiro atoms. The maximum Gasteiger partial charge on any atom is 0.418 e. The fourth-order valence-electron chi connectivity index (χ4n) is 5.31. The minimum absolute atomic E-state index is 0.240. The molecule has 3 heterocycles. The number of halogens is 5. The van der Waals surface area contributed by atoms with Crippen LogP contribution in [0.4, 0.5) is 28.9 Å². The van der Waals surface area contributed by atoms with Gasteiger partial charge in [-0.1, -0.05) is 59.0 Å². The zero-order valence-electron chi connectivity index (χ0n) is 21.6. The summed E-state index contributed by atoms with van der Waals surface area (Å²) in [5.74, 6) is -5.02. The van der Waals surface area contributed by atoms with Crippen molar-refractivity contribution in [3.05, 3.63) is 109 Å². The van der Waals surface area contributed by atoms with E-state index in [1.165, 1.54) is 22.8 Å². The van der Waals surface area contributed by atoms with E-state index in [0.717, 1.165) is 53.4 Å². The number of nitrogens with one attached hydrogen (secondary N) is 1. The molecule has 2 aliphatic heterocycles. The highest BCUT2D eigenvalue weighted by Crippen LogP contribution is 2.54. The molecule has 1 aromatic heterocycles. The Morgan fingerprint density at radius 1 is 0.930 bits per heavy atom. The van der Waals surface area contributed by atoms with E-state index in [1.807, 2.05) is 0 Å². The lowest BCUT2D eigenvalue weighted by Crippen LogP contribution is -2.33. The first-order valence-electron chi connectivity index (χ1n) is 12.7. The van der Waals surface area contributed by atoms with Crippen molar-refractivity contribution in [2.45, 2.75) is 28.9 Å². The summed E-state index contributed by atoms with van der Waals surface area (Å²) in [7, 11) is 0. The highest BCUT2D eigenvalue weighted by molar-refractivity contribution is 8.00. The van der Waals surface area contributed by atoms with Crippen LogP contribution in [0.15, 0.2) is 82.6 Å². The van der Waals surface area contributed by atoms with Crippen molar-refractivity contribution in [1.29, 1.82) is 0 Å². The van der Waals surface area contributed by atoms with Gasteiger partial charge in [0.25, 0.3) is 0 Å². The first-order chi connectivity index (χ1) is 20.4. The molecule has 3 aromatic carbocycles. The summed E-state index contributed by atoms with van der Waals surface area (Å²) in [5, 5.41) is 2.15. The highest BCUT2D eigenvalue weighted by Gasteiger charge is 2.57. The van der Waals surface area contributed by atoms with Crippen LogP contribution in [-0.2, 0) is 27.1 Å². The zero-order valence-corrected chi connectivity index (χ0v) is 24.0. The lowest BCUT2D eigenvalue weighted by molar-refractivity contribution is -0.137. The fraction of sp³-hybridized carbons (Fsp3) is 0.172. The van der Waals surface area contributed by atoms with Crippen molar-refractivity contribution in [3.63, 3.8) is 0 Å². The number of fused-ring (bicyclic) bond motifs is 2. The van der Waals surface area contributed by atoms with Crippen molar-refractivity contribution < 1.29 is 31.9 Å². The Hall–Kier alpha value is -3.94. The summed E-state index contributed by atoms with van der Waals surface area (Å²) in [4.78, 5) is 54.1. The molecule has 220 valence electrons. The highest BCUT2D eigenvalue weighted by atomic mass is 35.5. The van der Waals surface area contributed by atoms with Gasteiger partial charge in [0, 0.05) is 21.5 Å². The molecule has 43 heavy (non-hydrogen) atoms. The van der Waals surface area contributed by atoms with E-state index in [0.29, 0.717) is 26.1 Å². The average Bonchev–Trinajstić information content (AvgIpc) is 3.40. The third kappa shape index (κ3) is 5.25. The number of benzene rings is 3. The number of thioether (sulfide) groups is 1. The predicted octanol–water partition coefficient (Wildman–Crippen LogP) is 6.16. The maximum absolute atomic E-state index is 13.9. The molecule has 4 aromatic rings. The molecule has 2 aliphatic rings. The molecular weight excluding hydrogens is 630 g/mol. The minimum atomic E-state index is -4.84. The zero-order chi connectivity index (χ0) is 30.6. The Balaban J connectivity index is 1.43. The van der Waals surface area contributed by atoms with Crippen LogP contribution in [0.3, 0.4) is 0 Å². The molecule has 1 fully saturated rings. The van der Waals surface area contributed by atoms with E-state index in [9.17, 15) is 36.7 Å². The third-order valence-electron chi connectivity index (χ3n) is 7.16. The van der Waals surface area contributed by atoms with Gasteiger partial charge in [0.15, 0.2) is 0 Å². The SMILES string of the molecule is O=C(Cn1c2c(sc1=O)C(c1ccc(F)cc1)C1C(=O)N(c3ccccc3C(F)(F)F)C(=O)C1S2)Nc1ccc(Cl)cc1. The Kier molecular flexibility index (Phi) is 7.43. The average molecular weight is 648 g/mol. The van der Waals surface area contributed by atoms with E-state index in [-0.39, 0.29) is 5.03 Å². The van der Waals surface area contributed by atoms with E-state index < -0.39 is 69.5 Å². The number of para-hydroxylation sites is 1. The van der Waals surface area contributed by atoms with Crippen LogP contribution in [0.5, 0.6) is 0 Å². The molecule has 0 radical (unpaired) electrons. The van der Waals surface area contributed by atoms with Crippen LogP contribution in [0.1, 0.15) is 21.9 Å². The van der Waals surface area contributed by atoms with Gasteiger partial charge >= 0.3 is 11.0 Å². The fourth-order valence-corrected chi connectivity index (χ4v) is 8.21. The lowest BCUT2D eigenvalue weighted by Gasteiger charge is -2.30. The quantitative estimate of drug-likeness (QED) is 0.207. The second-order valence-electron chi connectivity index (χ2n) is 9.80. The summed E-state index contributed by atoms with van der Waals surface area (Å²) >= 11 is 7.52. The van der Waals surface area contributed by atoms with Crippen LogP contribution in [0.2, 0.25) is 5.02 Å². The summed E-state index contributed by atoms with van der Waals surface area (Å²) in [6.07, 6.45) is -4.84. The molecule has 3 amide bonds. The smallest absolute Gasteiger partial charge is 0.325 e. The number of hydrogen-bond donors (Lipinski definition) is 1. The summed E-state index contributed by atoms with van der Waals surface area (Å²) in [6, 6.07) is 15.7. The number of nitrogens with zero attached hydrogens (tertiary/aromatic N) is 2. The number of thiazole rings is 1. The van der Waals surface area contributed by atoms with Gasteiger partial charge in [-0.05, 0) is 54.1 Å². The molecule has 1 saturated heterocycles. The lowest BCUT2D eigenvalue weighted by atomic mass is 9.83. The van der Waals surface area contributed by atoms with Gasteiger partial charge in [-0.2, -0.15) is 13.2 Å². The number of rotatable bonds is 5. The topological polar surface area (TPSA) is 88.5 Å². The first-order valence-corrected chi connectivity index (χ1v) is 14.8. The number of carbonyl (C=O) groups is 3. The van der Waals surface area contributed by atoms with E-state index in [4.69, 9.17) is 11.6 Å². The Morgan fingerprint density at radius 2 is 1.60 bits per heavy atom. The molecule has 3 unspecified atom stereocenters. The van der Waals surface area contributed by atoms with Crippen molar-refractivity contribution in [2.75, 3.05) is 10.2 Å². The van der Waals surface area contributed by atoms with Gasteiger partial charge in [0.1, 0.15) is 17.6 Å². The van der Waals surface area contributed by atoms with Crippen molar-refractivity contribution >= 4 is 63.8 Å². The largest absolute Gasteiger partial charge is 0.418 e. The Labute approximate surface area is 254 Å². The summed E-state index contributed by atoms with van der Waals surface area (Å²) < 4.78 is 56.7. The molecule has 1 N–H and O–H groups in total. The van der Waals surface area contributed by atoms with E-state index in [1.54, 1.807) is 24.3 Å². The number of hydrogen-bond acceptors (Lipinski definition) is 6. The van der Waals surface area contributed by atoms with Crippen molar-refractivity contribution in [3.8, 4) is 0 Å². The molecule has 0 saturated carbocycles. The number of imide groups is 1. The van der Waals surface area contributed by atoms with Gasteiger partial charge in [0.05, 0.1) is 22.2 Å². The number of alkyl halides is 3. The van der Waals surface area contributed by atoms with Crippen LogP contribution < -0.4 is 15.1 Å². The second kappa shape index (κ2) is 11.0. The predicted molar refractivity (Wildman–Crippen MR) is 154 cm³/mol. The van der Waals surface area contributed by atoms with Gasteiger partial charge in [0.2, 0.25) is 17.7 Å². The standard InChI is InChI=1S/C29H18ClF4N3O4S2/c30-15-7-11-17(12-8-15)35-20(38)13-36-27-24(43-28(36)41)21(14-5-9-16(31)10-6-14)22-23(42-27)26(40)37(25(22)39)19-4-2-1-3-18(19)29(32,33)34/h1-12,21-23H,13H2,(H,35,38). The molecule has 14 heteroatoms. The third-order valence-corrected chi connectivity index (χ3v) is 10.0. The summed E-state index contributed by atoms with van der Waals surface area (Å²) in [5.41, 5.74) is -0.923. The molecule has 0 bridgehead atoms. The monoisotopic (exact) mass is 647 g/mol. The van der Waals surface area contributed by atoms with Crippen LogP contribution in [0.25, 0.3) is 0 Å². The van der Waals surface area contributed by atoms with Gasteiger partial charge < -0.3 is 5.32 Å². The first kappa shape index (κ1) is 29.1. The molecule has 6 rings (SSSR count). The number of carbonyl (C=O) groups excluding carboxylic acids is 3. The van der Waals surface area contributed by atoms with Crippen LogP contribution in [0, 0.1) is 11.7 Å². The minimum Gasteiger partial charge on any atom is -0.325 e. The van der Waals surface area contributed by atoms with E-state index in [2.05, 4.69) is 5.32 Å². The van der Waals surface area contributed by atoms with Crippen molar-refractivity contribution in [2.24, 2.45) is 5.92 Å². The molecule has 7 nitrogen and oxygen atoms in total. The molecule has 0 aliphatic carbocycles. The maximum atomic E-state index is 13.9. The number of aromatic nitrogens is 1. The van der Waals surface area contributed by atoms with Crippen LogP contribution in [-0.4, -0.2) is 27.5 Å². The van der Waals surface area contributed by atoms with E-state index >= 15 is 0 Å². The molecule has 3 atom stereocenters. The van der Waals surface area contributed by atoms with Gasteiger partial charge in [-0.25, -0.2) is 9.29 Å². The molecular formula is C29H18ClF4N3O4S2. The summed E-state index contributed by atoms with van der Waals surface area (Å²) in [6.45, 7) is -0.434. The normalized spacial score (nSPS) is 19.7. The number of anilines is 2. The number of amides is 3. The Morgan fingerprint density at radius 3 is 2.28 bits per heavy atom. The van der Waals surface area contributed by atoms with Crippen molar-refractivity contribution in [1.82, 2.24) is 4.57 Å².